The first kappa shape index (κ1) is 19.4. The summed E-state index contributed by atoms with van der Waals surface area (Å²) in [7, 11) is 0.920. The zero-order valence-electron chi connectivity index (χ0n) is 15.0. The number of rotatable bonds is 7. The van der Waals surface area contributed by atoms with Gasteiger partial charge in [0.1, 0.15) is 0 Å². The van der Waals surface area contributed by atoms with Crippen LogP contribution in [0.15, 0.2) is 30.3 Å². The minimum atomic E-state index is -1.69. The average Bonchev–Trinajstić information content (AvgIpc) is 2.55. The third kappa shape index (κ3) is 4.67. The molecule has 4 nitrogen and oxygen atoms in total. The fourth-order valence-electron chi connectivity index (χ4n) is 2.96. The summed E-state index contributed by atoms with van der Waals surface area (Å²) in [4.78, 5) is 23.9. The van der Waals surface area contributed by atoms with E-state index in [-0.39, 0.29) is 5.92 Å². The van der Waals surface area contributed by atoms with E-state index in [1.807, 2.05) is 13.0 Å². The molecule has 0 fully saturated rings. The summed E-state index contributed by atoms with van der Waals surface area (Å²) in [6.07, 6.45) is 0.781. The maximum Gasteiger partial charge on any atom is 0.320 e. The third-order valence-electron chi connectivity index (χ3n) is 4.95. The van der Waals surface area contributed by atoms with Crippen LogP contribution >= 0.6 is 0 Å². The Kier molecular flexibility index (Phi) is 7.00. The fraction of sp³-hybridized carbons (Fsp3) is 0.556. The Balaban J connectivity index is 2.91. The number of carbonyl (C=O) groups excluding carboxylic acids is 2. The largest absolute Gasteiger partial charge is 0.468 e. The fourth-order valence-corrected chi connectivity index (χ4v) is 5.54. The van der Waals surface area contributed by atoms with Gasteiger partial charge in [0.25, 0.3) is 0 Å². The van der Waals surface area contributed by atoms with E-state index >= 15 is 0 Å². The summed E-state index contributed by atoms with van der Waals surface area (Å²) in [6, 6.07) is 10.5. The van der Waals surface area contributed by atoms with Crippen molar-refractivity contribution in [3.8, 4) is 0 Å². The van der Waals surface area contributed by atoms with Crippen LogP contribution in [0.4, 0.5) is 0 Å². The third-order valence-corrected chi connectivity index (χ3v) is 9.48. The van der Waals surface area contributed by atoms with Crippen molar-refractivity contribution >= 4 is 25.2 Å². The van der Waals surface area contributed by atoms with Crippen LogP contribution in [-0.2, 0) is 19.1 Å². The van der Waals surface area contributed by atoms with Crippen molar-refractivity contribution < 1.29 is 19.1 Å². The monoisotopic (exact) mass is 336 g/mol. The maximum atomic E-state index is 11.9. The molecule has 0 aliphatic rings. The van der Waals surface area contributed by atoms with Gasteiger partial charge in [-0.25, -0.2) is 0 Å². The van der Waals surface area contributed by atoms with E-state index in [0.29, 0.717) is 5.54 Å². The zero-order valence-corrected chi connectivity index (χ0v) is 16.0. The van der Waals surface area contributed by atoms with Crippen molar-refractivity contribution in [3.05, 3.63) is 30.3 Å². The molecule has 1 aromatic rings. The molecule has 0 aromatic heterocycles. The van der Waals surface area contributed by atoms with Crippen LogP contribution in [-0.4, -0.2) is 34.2 Å². The highest BCUT2D eigenvalue weighted by Crippen LogP contribution is 2.32. The van der Waals surface area contributed by atoms with Crippen molar-refractivity contribution in [2.45, 2.75) is 38.9 Å². The van der Waals surface area contributed by atoms with E-state index in [1.54, 1.807) is 0 Å². The van der Waals surface area contributed by atoms with E-state index in [9.17, 15) is 9.59 Å². The Morgan fingerprint density at radius 3 is 1.91 bits per heavy atom. The summed E-state index contributed by atoms with van der Waals surface area (Å²) in [5.41, 5.74) is 0.414. The van der Waals surface area contributed by atoms with Gasteiger partial charge < -0.3 is 9.47 Å². The van der Waals surface area contributed by atoms with Crippen LogP contribution in [0.25, 0.3) is 0 Å². The lowest BCUT2D eigenvalue weighted by atomic mass is 9.90. The summed E-state index contributed by atoms with van der Waals surface area (Å²) >= 11 is 0. The predicted molar refractivity (Wildman–Crippen MR) is 94.3 cm³/mol. The normalized spacial score (nSPS) is 14.2. The van der Waals surface area contributed by atoms with Crippen molar-refractivity contribution in [1.82, 2.24) is 0 Å². The van der Waals surface area contributed by atoms with E-state index in [1.165, 1.54) is 19.4 Å². The van der Waals surface area contributed by atoms with E-state index in [4.69, 9.17) is 9.47 Å². The molecule has 0 bridgehead atoms. The number of benzene rings is 1. The molecular formula is C18H28O4Si. The van der Waals surface area contributed by atoms with E-state index in [2.05, 4.69) is 44.3 Å². The predicted octanol–water partition coefficient (Wildman–Crippen LogP) is 2.98. The first-order valence-electron chi connectivity index (χ1n) is 7.96. The molecule has 0 saturated carbocycles. The average molecular weight is 337 g/mol. The molecule has 0 aliphatic carbocycles. The zero-order chi connectivity index (χ0) is 17.6. The lowest BCUT2D eigenvalue weighted by Gasteiger charge is -2.33. The second-order valence-corrected chi connectivity index (χ2v) is 11.7. The highest BCUT2D eigenvalue weighted by Gasteiger charge is 2.38. The van der Waals surface area contributed by atoms with Crippen LogP contribution in [0.3, 0.4) is 0 Å². The van der Waals surface area contributed by atoms with Crippen LogP contribution in [0.5, 0.6) is 0 Å². The summed E-state index contributed by atoms with van der Waals surface area (Å²) < 4.78 is 9.56. The summed E-state index contributed by atoms with van der Waals surface area (Å²) in [5.74, 6) is -2.01. The second kappa shape index (κ2) is 8.29. The van der Waals surface area contributed by atoms with Gasteiger partial charge in [0.05, 0.1) is 22.3 Å². The molecule has 0 unspecified atom stereocenters. The quantitative estimate of drug-likeness (QED) is 0.436. The lowest BCUT2D eigenvalue weighted by Crippen LogP contribution is -2.46. The summed E-state index contributed by atoms with van der Waals surface area (Å²) in [6.45, 7) is 8.78. The Morgan fingerprint density at radius 2 is 1.48 bits per heavy atom. The van der Waals surface area contributed by atoms with Crippen LogP contribution < -0.4 is 5.19 Å². The Labute approximate surface area is 140 Å². The number of hydrogen-bond acceptors (Lipinski definition) is 4. The number of ether oxygens (including phenoxy) is 2. The molecule has 0 radical (unpaired) electrons. The maximum absolute atomic E-state index is 11.9. The van der Waals surface area contributed by atoms with Crippen LogP contribution in [0.1, 0.15) is 20.3 Å². The molecule has 0 spiro atoms. The molecule has 1 aromatic carbocycles. The van der Waals surface area contributed by atoms with Crippen LogP contribution in [0, 0.1) is 11.8 Å². The van der Waals surface area contributed by atoms with Gasteiger partial charge in [-0.1, -0.05) is 62.5 Å². The molecule has 0 heterocycles. The van der Waals surface area contributed by atoms with Gasteiger partial charge >= 0.3 is 11.9 Å². The van der Waals surface area contributed by atoms with Gasteiger partial charge in [-0.15, -0.1) is 0 Å². The SMILES string of the molecule is COC(=O)C(C(=O)OC)[C@@H](C)C[C@H](C)[Si](C)(C)c1ccccc1. The van der Waals surface area contributed by atoms with Crippen molar-refractivity contribution in [2.24, 2.45) is 11.8 Å². The molecule has 0 saturated heterocycles. The number of esters is 2. The molecule has 23 heavy (non-hydrogen) atoms. The van der Waals surface area contributed by atoms with Gasteiger partial charge in [-0.3, -0.25) is 9.59 Å². The lowest BCUT2D eigenvalue weighted by molar-refractivity contribution is -0.161. The number of methoxy groups -OCH3 is 2. The van der Waals surface area contributed by atoms with Gasteiger partial charge in [0, 0.05) is 0 Å². The molecule has 5 heteroatoms. The Bertz CT molecular complexity index is 511. The summed E-state index contributed by atoms with van der Waals surface area (Å²) in [5, 5.41) is 1.38. The molecule has 0 aliphatic heterocycles. The number of carbonyl (C=O) groups is 2. The molecular weight excluding hydrogens is 308 g/mol. The Morgan fingerprint density at radius 1 is 1.00 bits per heavy atom. The van der Waals surface area contributed by atoms with E-state index < -0.39 is 25.9 Å². The molecule has 128 valence electrons. The molecule has 2 atom stereocenters. The Hall–Kier alpha value is -1.62. The molecule has 0 N–H and O–H groups in total. The topological polar surface area (TPSA) is 52.6 Å². The van der Waals surface area contributed by atoms with Gasteiger partial charge in [-0.05, 0) is 17.9 Å². The van der Waals surface area contributed by atoms with Gasteiger partial charge in [-0.2, -0.15) is 0 Å². The van der Waals surface area contributed by atoms with Crippen molar-refractivity contribution in [2.75, 3.05) is 14.2 Å². The molecule has 1 rings (SSSR count). The smallest absolute Gasteiger partial charge is 0.320 e. The highest BCUT2D eigenvalue weighted by molar-refractivity contribution is 6.90. The molecule has 0 amide bonds. The van der Waals surface area contributed by atoms with Crippen molar-refractivity contribution in [3.63, 3.8) is 0 Å². The van der Waals surface area contributed by atoms with Gasteiger partial charge in [0.15, 0.2) is 5.92 Å². The first-order valence-corrected chi connectivity index (χ1v) is 11.0. The highest BCUT2D eigenvalue weighted by atomic mass is 28.3. The number of hydrogen-bond donors (Lipinski definition) is 0. The first-order chi connectivity index (χ1) is 10.8. The second-order valence-electron chi connectivity index (χ2n) is 6.73. The minimum absolute atomic E-state index is 0.125. The standard InChI is InChI=1S/C18H28O4Si/c1-13(16(17(19)21-3)18(20)22-4)12-14(2)23(5,6)15-10-8-7-9-11-15/h7-11,13-14,16H,12H2,1-6H3/t13-,14-/m0/s1. The van der Waals surface area contributed by atoms with E-state index in [0.717, 1.165) is 6.42 Å². The van der Waals surface area contributed by atoms with Gasteiger partial charge in [0.2, 0.25) is 0 Å². The minimum Gasteiger partial charge on any atom is -0.468 e. The van der Waals surface area contributed by atoms with Crippen molar-refractivity contribution in [1.29, 1.82) is 0 Å². The van der Waals surface area contributed by atoms with Crippen LogP contribution in [0.2, 0.25) is 18.6 Å².